The van der Waals surface area contributed by atoms with E-state index in [1.165, 1.54) is 6.08 Å². The third kappa shape index (κ3) is 12.2. The molecule has 3 unspecified atom stereocenters. The van der Waals surface area contributed by atoms with Crippen LogP contribution in [0.15, 0.2) is 12.2 Å². The lowest BCUT2D eigenvalue weighted by atomic mass is 10.1. The molecule has 0 rings (SSSR count). The number of hydrogen-bond donors (Lipinski definition) is 4. The van der Waals surface area contributed by atoms with Crippen LogP contribution in [0.3, 0.4) is 0 Å². The molecule has 1 amide bonds. The Bertz CT molecular complexity index is 437. The summed E-state index contributed by atoms with van der Waals surface area (Å²) in [6, 6.07) is -1.09. The first kappa shape index (κ1) is 22.0. The molecule has 0 aliphatic heterocycles. The lowest BCUT2D eigenvalue weighted by Crippen LogP contribution is -2.45. The Morgan fingerprint density at radius 1 is 1.35 bits per heavy atom. The first-order chi connectivity index (χ1) is 10.5. The summed E-state index contributed by atoms with van der Waals surface area (Å²) in [5.74, 6) is 0. The van der Waals surface area contributed by atoms with E-state index in [0.717, 1.165) is 0 Å². The van der Waals surface area contributed by atoms with Gasteiger partial charge in [-0.25, -0.2) is 9.36 Å². The topological polar surface area (TPSA) is 125 Å². The van der Waals surface area contributed by atoms with Gasteiger partial charge in [0.2, 0.25) is 0 Å². The van der Waals surface area contributed by atoms with Gasteiger partial charge < -0.3 is 24.9 Å². The van der Waals surface area contributed by atoms with Crippen LogP contribution in [0.2, 0.25) is 0 Å². The minimum atomic E-state index is -4.32. The summed E-state index contributed by atoms with van der Waals surface area (Å²) in [5.41, 5.74) is 0. The maximum Gasteiger partial charge on any atom is 0.472 e. The van der Waals surface area contributed by atoms with Crippen LogP contribution in [0.5, 0.6) is 0 Å². The fourth-order valence-electron chi connectivity index (χ4n) is 1.44. The van der Waals surface area contributed by atoms with Gasteiger partial charge in [0.05, 0.1) is 39.9 Å². The van der Waals surface area contributed by atoms with E-state index >= 15 is 0 Å². The predicted octanol–water partition coefficient (Wildman–Crippen LogP) is 0.790. The number of rotatable bonds is 11. The Morgan fingerprint density at radius 3 is 2.43 bits per heavy atom. The number of nitrogens with one attached hydrogen (secondary N) is 1. The molecule has 0 aromatic carbocycles. The summed E-state index contributed by atoms with van der Waals surface area (Å²) < 4.78 is 21.9. The molecule has 0 radical (unpaired) electrons. The molecule has 0 bridgehead atoms. The van der Waals surface area contributed by atoms with Gasteiger partial charge in [-0.1, -0.05) is 19.1 Å². The molecular formula is C13H28N2O7P+. The van der Waals surface area contributed by atoms with Crippen molar-refractivity contribution in [1.29, 1.82) is 0 Å². The van der Waals surface area contributed by atoms with Crippen molar-refractivity contribution in [3.63, 3.8) is 0 Å². The maximum atomic E-state index is 11.8. The van der Waals surface area contributed by atoms with Crippen molar-refractivity contribution in [3.8, 4) is 0 Å². The first-order valence-corrected chi connectivity index (χ1v) is 8.73. The van der Waals surface area contributed by atoms with Crippen LogP contribution in [0.1, 0.15) is 13.3 Å². The molecule has 3 atom stereocenters. The second-order valence-corrected chi connectivity index (χ2v) is 7.45. The van der Waals surface area contributed by atoms with Crippen molar-refractivity contribution in [2.45, 2.75) is 25.5 Å². The molecule has 0 saturated carbocycles. The van der Waals surface area contributed by atoms with Crippen LogP contribution in [-0.4, -0.2) is 78.7 Å². The van der Waals surface area contributed by atoms with E-state index in [-0.39, 0.29) is 6.61 Å². The van der Waals surface area contributed by atoms with Crippen LogP contribution < -0.4 is 5.32 Å². The molecule has 9 nitrogen and oxygen atoms in total. The molecule has 4 N–H and O–H groups in total. The normalized spacial score (nSPS) is 17.7. The second kappa shape index (κ2) is 10.0. The lowest BCUT2D eigenvalue weighted by molar-refractivity contribution is -0.870. The smallest absolute Gasteiger partial charge is 0.465 e. The second-order valence-electron chi connectivity index (χ2n) is 5.99. The van der Waals surface area contributed by atoms with Crippen molar-refractivity contribution in [2.24, 2.45) is 0 Å². The van der Waals surface area contributed by atoms with Crippen LogP contribution in [0.25, 0.3) is 0 Å². The highest BCUT2D eigenvalue weighted by Crippen LogP contribution is 2.43. The monoisotopic (exact) mass is 355 g/mol. The Kier molecular flexibility index (Phi) is 9.60. The highest BCUT2D eigenvalue weighted by atomic mass is 31.2. The largest absolute Gasteiger partial charge is 0.472 e. The van der Waals surface area contributed by atoms with Gasteiger partial charge in [0, 0.05) is 0 Å². The lowest BCUT2D eigenvalue weighted by Gasteiger charge is -2.25. The van der Waals surface area contributed by atoms with E-state index < -0.39 is 32.7 Å². The number of carboxylic acid groups (broad SMARTS) is 1. The number of carbonyl (C=O) groups is 1. The molecule has 0 spiro atoms. The van der Waals surface area contributed by atoms with Gasteiger partial charge in [-0.2, -0.15) is 0 Å². The number of quaternary nitrogens is 1. The van der Waals surface area contributed by atoms with E-state index in [4.69, 9.17) is 14.2 Å². The summed E-state index contributed by atoms with van der Waals surface area (Å²) >= 11 is 0. The summed E-state index contributed by atoms with van der Waals surface area (Å²) in [7, 11) is 1.38. The number of likely N-dealkylation sites (N-methyl/N-ethyl adjacent to an activating group) is 1. The SMILES string of the molecule is CC/C=C/C(O)C(COP(=O)(O)OCC[N+](C)(C)C)NC(=O)O. The van der Waals surface area contributed by atoms with Gasteiger partial charge in [-0.15, -0.1) is 0 Å². The molecular weight excluding hydrogens is 327 g/mol. The highest BCUT2D eigenvalue weighted by Gasteiger charge is 2.27. The number of nitrogens with zero attached hydrogens (tertiary/aromatic N) is 1. The van der Waals surface area contributed by atoms with Gasteiger partial charge in [0.1, 0.15) is 13.2 Å². The third-order valence-electron chi connectivity index (χ3n) is 2.72. The summed E-state index contributed by atoms with van der Waals surface area (Å²) in [4.78, 5) is 20.3. The van der Waals surface area contributed by atoms with Gasteiger partial charge >= 0.3 is 13.9 Å². The average Bonchev–Trinajstić information content (AvgIpc) is 2.38. The highest BCUT2D eigenvalue weighted by molar-refractivity contribution is 7.47. The Balaban J connectivity index is 4.54. The van der Waals surface area contributed by atoms with Crippen LogP contribution in [0.4, 0.5) is 4.79 Å². The van der Waals surface area contributed by atoms with Gasteiger partial charge in [-0.05, 0) is 6.42 Å². The number of amides is 1. The molecule has 23 heavy (non-hydrogen) atoms. The summed E-state index contributed by atoms with van der Waals surface area (Å²) in [5, 5.41) is 20.7. The fraction of sp³-hybridized carbons (Fsp3) is 0.769. The zero-order valence-electron chi connectivity index (χ0n) is 14.0. The van der Waals surface area contributed by atoms with Crippen molar-refractivity contribution in [1.82, 2.24) is 5.32 Å². The molecule has 0 aliphatic rings. The Labute approximate surface area is 136 Å². The van der Waals surface area contributed by atoms with Crippen molar-refractivity contribution in [2.75, 3.05) is 40.9 Å². The third-order valence-corrected chi connectivity index (χ3v) is 3.71. The van der Waals surface area contributed by atoms with E-state index in [0.29, 0.717) is 17.4 Å². The molecule has 0 aromatic heterocycles. The van der Waals surface area contributed by atoms with Gasteiger partial charge in [0.15, 0.2) is 0 Å². The standard InChI is InChI=1S/C13H27N2O7P/c1-5-6-7-12(16)11(14-13(17)18)10-22-23(19,20)21-9-8-15(2,3)4/h6-7,11-12,14,16H,5,8-10H2,1-4H3,(H-,17,18,19,20)/p+1/b7-6+. The molecule has 0 fully saturated rings. The van der Waals surface area contributed by atoms with E-state index in [1.54, 1.807) is 6.08 Å². The Morgan fingerprint density at radius 2 is 1.96 bits per heavy atom. The van der Waals surface area contributed by atoms with Gasteiger partial charge in [0.25, 0.3) is 0 Å². The molecule has 0 aromatic rings. The average molecular weight is 355 g/mol. The molecule has 0 heterocycles. The van der Waals surface area contributed by atoms with Gasteiger partial charge in [-0.3, -0.25) is 9.05 Å². The van der Waals surface area contributed by atoms with Crippen LogP contribution >= 0.6 is 7.82 Å². The fourth-order valence-corrected chi connectivity index (χ4v) is 2.17. The molecule has 136 valence electrons. The van der Waals surface area contributed by atoms with E-state index in [2.05, 4.69) is 0 Å². The number of hydrogen-bond acceptors (Lipinski definition) is 5. The van der Waals surface area contributed by atoms with E-state index in [9.17, 15) is 19.4 Å². The summed E-state index contributed by atoms with van der Waals surface area (Å²) in [6.07, 6.45) is 1.14. The number of aliphatic hydroxyl groups excluding tert-OH is 1. The minimum absolute atomic E-state index is 0.00654. The molecule has 0 aliphatic carbocycles. The van der Waals surface area contributed by atoms with Crippen molar-refractivity contribution in [3.05, 3.63) is 12.2 Å². The predicted molar refractivity (Wildman–Crippen MR) is 85.0 cm³/mol. The summed E-state index contributed by atoms with van der Waals surface area (Å²) in [6.45, 7) is 1.85. The Hall–Kier alpha value is -0.960. The first-order valence-electron chi connectivity index (χ1n) is 7.23. The number of aliphatic hydroxyl groups is 1. The van der Waals surface area contributed by atoms with E-state index in [1.807, 2.05) is 33.4 Å². The quantitative estimate of drug-likeness (QED) is 0.245. The zero-order chi connectivity index (χ0) is 18.1. The number of allylic oxidation sites excluding steroid dienone is 1. The molecule has 10 heteroatoms. The van der Waals surface area contributed by atoms with Crippen molar-refractivity contribution < 1.29 is 38.0 Å². The number of phosphoric acid groups is 1. The number of phosphoric ester groups is 1. The maximum absolute atomic E-state index is 11.8. The zero-order valence-corrected chi connectivity index (χ0v) is 14.9. The minimum Gasteiger partial charge on any atom is -0.465 e. The van der Waals surface area contributed by atoms with Crippen LogP contribution in [0, 0.1) is 0 Å². The molecule has 0 saturated heterocycles. The van der Waals surface area contributed by atoms with Crippen molar-refractivity contribution >= 4 is 13.9 Å². The van der Waals surface area contributed by atoms with Crippen LogP contribution in [-0.2, 0) is 13.6 Å².